The minimum absolute atomic E-state index is 0. The molecule has 2 aromatic heterocycles. The summed E-state index contributed by atoms with van der Waals surface area (Å²) in [6.45, 7) is 3.18. The molecule has 0 N–H and O–H groups in total. The Morgan fingerprint density at radius 3 is 2.41 bits per heavy atom. The second-order valence-electron chi connectivity index (χ2n) is 9.11. The predicted octanol–water partition coefficient (Wildman–Crippen LogP) is 8.40. The summed E-state index contributed by atoms with van der Waals surface area (Å²) in [7, 11) is 0. The van der Waals surface area contributed by atoms with Crippen LogP contribution in [0.15, 0.2) is 114 Å². The van der Waals surface area contributed by atoms with Crippen molar-refractivity contribution >= 4 is 45.0 Å². The van der Waals surface area contributed by atoms with Crippen LogP contribution in [0.25, 0.3) is 33.2 Å². The Kier molecular flexibility index (Phi) is 8.24. The van der Waals surface area contributed by atoms with E-state index in [1.165, 1.54) is 5.69 Å². The third-order valence-corrected chi connectivity index (χ3v) is 6.54. The molecule has 0 atom stereocenters. The van der Waals surface area contributed by atoms with Crippen LogP contribution in [-0.2, 0) is 20.1 Å². The van der Waals surface area contributed by atoms with Crippen molar-refractivity contribution < 1.29 is 29.1 Å². The zero-order valence-electron chi connectivity index (χ0n) is 21.6. The van der Waals surface area contributed by atoms with E-state index in [0.717, 1.165) is 64.0 Å². The van der Waals surface area contributed by atoms with Crippen molar-refractivity contribution in [1.29, 1.82) is 0 Å². The minimum Gasteiger partial charge on any atom is -0.483 e. The quantitative estimate of drug-likeness (QED) is 0.135. The first-order valence-corrected chi connectivity index (χ1v) is 13.0. The molecule has 0 bridgehead atoms. The number of hydrogen-bond acceptors (Lipinski definition) is 2. The molecule has 193 valence electrons. The van der Waals surface area contributed by atoms with Crippen molar-refractivity contribution in [2.75, 3.05) is 6.54 Å². The molecule has 0 saturated heterocycles. The number of benzene rings is 4. The molecule has 1 aliphatic heterocycles. The molecule has 4 aromatic carbocycles. The summed E-state index contributed by atoms with van der Waals surface area (Å²) in [4.78, 5) is 4.22. The molecule has 1 aliphatic rings. The van der Waals surface area contributed by atoms with Gasteiger partial charge in [-0.2, -0.15) is 6.07 Å². The maximum Gasteiger partial charge on any atom is 0.494 e. The Bertz CT molecular complexity index is 1750. The first kappa shape index (κ1) is 26.5. The smallest absolute Gasteiger partial charge is 0.483 e. The molecule has 0 saturated carbocycles. The van der Waals surface area contributed by atoms with Gasteiger partial charge in [-0.15, -0.1) is 35.9 Å². The fraction of sp³-hybridized carbons (Fsp3) is 0.118. The molecule has 0 spiro atoms. The van der Waals surface area contributed by atoms with Crippen LogP contribution in [0, 0.1) is 12.1 Å². The molecule has 0 aliphatic carbocycles. The number of aromatic nitrogens is 1. The minimum atomic E-state index is 0. The van der Waals surface area contributed by atoms with Crippen LogP contribution >= 0.6 is 0 Å². The molecule has 3 heterocycles. The topological polar surface area (TPSA) is 32.0 Å². The molecule has 4 nitrogen and oxygen atoms in total. The number of unbranched alkanes of at least 4 members (excludes halogenated alkanes) is 1. The summed E-state index contributed by atoms with van der Waals surface area (Å²) < 4.78 is 10.3. The number of pyridine rings is 1. The number of para-hydroxylation sites is 3. The van der Waals surface area contributed by atoms with Crippen molar-refractivity contribution in [3.63, 3.8) is 0 Å². The number of nitrogens with zero attached hydrogens (tertiary/aromatic N) is 3. The van der Waals surface area contributed by atoms with E-state index in [-0.39, 0.29) is 20.1 Å². The largest absolute Gasteiger partial charge is 0.494 e. The fourth-order valence-corrected chi connectivity index (χ4v) is 4.63. The second kappa shape index (κ2) is 12.1. The van der Waals surface area contributed by atoms with E-state index in [4.69, 9.17) is 4.42 Å². The van der Waals surface area contributed by atoms with Gasteiger partial charge in [0, 0.05) is 50.4 Å². The molecule has 39 heavy (non-hydrogen) atoms. The molecule has 6 aromatic rings. The summed E-state index contributed by atoms with van der Waals surface area (Å²) in [6, 6.07) is 44.5. The summed E-state index contributed by atoms with van der Waals surface area (Å²) in [5, 5.41) is 2.23. The third kappa shape index (κ3) is 5.53. The zero-order chi connectivity index (χ0) is 25.7. The first-order valence-electron chi connectivity index (χ1n) is 13.0. The van der Waals surface area contributed by atoms with E-state index in [1.807, 2.05) is 60.7 Å². The van der Waals surface area contributed by atoms with Gasteiger partial charge in [0.2, 0.25) is 0 Å². The number of hydrogen-bond donors (Lipinski definition) is 0. The van der Waals surface area contributed by atoms with Crippen LogP contribution in [0.1, 0.15) is 19.8 Å². The van der Waals surface area contributed by atoms with Crippen LogP contribution < -0.4 is 4.58 Å². The van der Waals surface area contributed by atoms with Crippen molar-refractivity contribution in [1.82, 2.24) is 9.56 Å². The molecule has 0 amide bonds. The average Bonchev–Trinajstić information content (AvgIpc) is 3.55. The summed E-state index contributed by atoms with van der Waals surface area (Å²) in [5.74, 6) is 0. The Labute approximate surface area is 241 Å². The second-order valence-corrected chi connectivity index (χ2v) is 9.11. The predicted molar refractivity (Wildman–Crippen MR) is 154 cm³/mol. The van der Waals surface area contributed by atoms with Gasteiger partial charge in [0.25, 0.3) is 11.4 Å². The molecule has 0 fully saturated rings. The number of rotatable bonds is 5. The van der Waals surface area contributed by atoms with Crippen molar-refractivity contribution in [3.05, 3.63) is 121 Å². The van der Waals surface area contributed by atoms with E-state index in [9.17, 15) is 0 Å². The van der Waals surface area contributed by atoms with Crippen molar-refractivity contribution in [3.8, 4) is 11.3 Å². The number of furan rings is 1. The standard InChI is InChI=1S/C23H19N2O.C11H8N.Ir/c1-2-3-14-24-16-25(21-10-6-5-9-20(21)24)17-12-13-19-18-8-4-7-11-22(18)26-23(19)15-17;1-2-6-10(7-3-1)11-8-4-5-9-12-11;/h4-13H,2-3,14H2,1H3;1-6,8-9H;/q+1;-1;. The van der Waals surface area contributed by atoms with Gasteiger partial charge >= 0.3 is 6.01 Å². The molecule has 5 heteroatoms. The van der Waals surface area contributed by atoms with Crippen LogP contribution in [0.2, 0.25) is 0 Å². The van der Waals surface area contributed by atoms with Gasteiger partial charge in [0.05, 0.1) is 0 Å². The maximum atomic E-state index is 6.01. The SMILES string of the molecule is CCCC[N+]1=C=[N+](c2[c-]c3oc4ccccc4c3cc2)c2ccccc21.[Ir].[c-]1ccccc1-c1ccccn1. The summed E-state index contributed by atoms with van der Waals surface area (Å²) in [5.41, 5.74) is 6.97. The van der Waals surface area contributed by atoms with Gasteiger partial charge in [-0.05, 0) is 23.2 Å². The van der Waals surface area contributed by atoms with Gasteiger partial charge in [-0.3, -0.25) is 0 Å². The van der Waals surface area contributed by atoms with Gasteiger partial charge in [-0.25, -0.2) is 0 Å². The Morgan fingerprint density at radius 1 is 0.821 bits per heavy atom. The van der Waals surface area contributed by atoms with Gasteiger partial charge in [0.1, 0.15) is 11.3 Å². The van der Waals surface area contributed by atoms with E-state index in [0.29, 0.717) is 0 Å². The van der Waals surface area contributed by atoms with E-state index in [2.05, 4.69) is 81.7 Å². The van der Waals surface area contributed by atoms with Crippen LogP contribution in [0.5, 0.6) is 0 Å². The van der Waals surface area contributed by atoms with Crippen LogP contribution in [0.4, 0.5) is 17.1 Å². The normalized spacial score (nSPS) is 11.7. The Morgan fingerprint density at radius 2 is 1.62 bits per heavy atom. The Balaban J connectivity index is 0.000000200. The van der Waals surface area contributed by atoms with Gasteiger partial charge in [-0.1, -0.05) is 82.5 Å². The molecule has 1 radical (unpaired) electrons. The number of fused-ring (bicyclic) bond motifs is 4. The zero-order valence-corrected chi connectivity index (χ0v) is 24.0. The maximum absolute atomic E-state index is 6.01. The molecule has 0 unspecified atom stereocenters. The Hall–Kier alpha value is -4.14. The summed E-state index contributed by atoms with van der Waals surface area (Å²) >= 11 is 0. The van der Waals surface area contributed by atoms with E-state index >= 15 is 0 Å². The monoisotopic (exact) mass is 686 g/mol. The van der Waals surface area contributed by atoms with Crippen LogP contribution in [0.3, 0.4) is 0 Å². The van der Waals surface area contributed by atoms with Crippen molar-refractivity contribution in [2.24, 2.45) is 0 Å². The van der Waals surface area contributed by atoms with Gasteiger partial charge < -0.3 is 9.40 Å². The van der Waals surface area contributed by atoms with E-state index in [1.54, 1.807) is 6.20 Å². The van der Waals surface area contributed by atoms with Crippen molar-refractivity contribution in [2.45, 2.75) is 19.8 Å². The summed E-state index contributed by atoms with van der Waals surface area (Å²) in [6.07, 6.45) is 4.09. The van der Waals surface area contributed by atoms with Gasteiger partial charge in [0.15, 0.2) is 6.54 Å². The average molecular weight is 686 g/mol. The third-order valence-electron chi connectivity index (χ3n) is 6.54. The first-order chi connectivity index (χ1) is 18.8. The molecular formula is C34H27IrN3O. The van der Waals surface area contributed by atoms with E-state index < -0.39 is 0 Å². The molecule has 7 rings (SSSR count). The van der Waals surface area contributed by atoms with Crippen LogP contribution in [-0.4, -0.2) is 22.1 Å². The fourth-order valence-electron chi connectivity index (χ4n) is 4.63. The molecular weight excluding hydrogens is 659 g/mol.